The van der Waals surface area contributed by atoms with Gasteiger partial charge in [-0.15, -0.1) is 0 Å². The Bertz CT molecular complexity index is 459. The van der Waals surface area contributed by atoms with Crippen LogP contribution < -0.4 is 0 Å². The van der Waals surface area contributed by atoms with Crippen LogP contribution in [-0.2, 0) is 4.79 Å². The van der Waals surface area contributed by atoms with Gasteiger partial charge in [0.25, 0.3) is 0 Å². The summed E-state index contributed by atoms with van der Waals surface area (Å²) in [6, 6.07) is 0.418. The van der Waals surface area contributed by atoms with Crippen LogP contribution in [0, 0.1) is 0 Å². The number of imidazole rings is 1. The SMILES string of the molecule is CC(C)c1cnc(SCC(=O)O)n1C1CCN(C)C1. The molecule has 5 nitrogen and oxygen atoms in total. The van der Waals surface area contributed by atoms with Gasteiger partial charge in [0.05, 0.1) is 5.75 Å². The maximum Gasteiger partial charge on any atom is 0.313 e. The number of likely N-dealkylation sites (tertiary alicyclic amines) is 1. The van der Waals surface area contributed by atoms with Gasteiger partial charge in [0.15, 0.2) is 5.16 Å². The first-order valence-electron chi connectivity index (χ1n) is 6.59. The van der Waals surface area contributed by atoms with E-state index in [9.17, 15) is 4.79 Å². The molecule has 1 N–H and O–H groups in total. The summed E-state index contributed by atoms with van der Waals surface area (Å²) in [6.45, 7) is 6.40. The van der Waals surface area contributed by atoms with E-state index in [-0.39, 0.29) is 5.75 Å². The molecule has 19 heavy (non-hydrogen) atoms. The van der Waals surface area contributed by atoms with Crippen LogP contribution in [0.25, 0.3) is 0 Å². The zero-order valence-corrected chi connectivity index (χ0v) is 12.5. The minimum absolute atomic E-state index is 0.0666. The highest BCUT2D eigenvalue weighted by Crippen LogP contribution is 2.31. The predicted molar refractivity (Wildman–Crippen MR) is 75.8 cm³/mol. The van der Waals surface area contributed by atoms with Crippen molar-refractivity contribution in [1.29, 1.82) is 0 Å². The Hall–Kier alpha value is -1.01. The Morgan fingerprint density at radius 3 is 2.89 bits per heavy atom. The zero-order chi connectivity index (χ0) is 14.0. The van der Waals surface area contributed by atoms with Crippen LogP contribution in [0.1, 0.15) is 37.9 Å². The van der Waals surface area contributed by atoms with Gasteiger partial charge in [0.1, 0.15) is 0 Å². The number of carboxylic acid groups (broad SMARTS) is 1. The van der Waals surface area contributed by atoms with Crippen molar-refractivity contribution in [2.45, 2.75) is 37.4 Å². The molecule has 0 spiro atoms. The summed E-state index contributed by atoms with van der Waals surface area (Å²) >= 11 is 1.32. The molecule has 1 aliphatic heterocycles. The van der Waals surface area contributed by atoms with Gasteiger partial charge in [-0.1, -0.05) is 25.6 Å². The summed E-state index contributed by atoms with van der Waals surface area (Å²) in [5.74, 6) is -0.330. The highest BCUT2D eigenvalue weighted by atomic mass is 32.2. The molecular formula is C13H21N3O2S. The van der Waals surface area contributed by atoms with Crippen LogP contribution in [0.15, 0.2) is 11.4 Å². The minimum Gasteiger partial charge on any atom is -0.481 e. The molecule has 1 aromatic heterocycles. The van der Waals surface area contributed by atoms with Crippen LogP contribution in [-0.4, -0.2) is 51.4 Å². The first kappa shape index (κ1) is 14.4. The third-order valence-corrected chi connectivity index (χ3v) is 4.39. The molecule has 1 fully saturated rings. The van der Waals surface area contributed by atoms with Gasteiger partial charge >= 0.3 is 5.97 Å². The lowest BCUT2D eigenvalue weighted by atomic mass is 10.1. The molecule has 1 unspecified atom stereocenters. The molecule has 0 aromatic carbocycles. The Morgan fingerprint density at radius 2 is 2.37 bits per heavy atom. The quantitative estimate of drug-likeness (QED) is 0.838. The van der Waals surface area contributed by atoms with Crippen LogP contribution in [0.4, 0.5) is 0 Å². The number of hydrogen-bond donors (Lipinski definition) is 1. The van der Waals surface area contributed by atoms with Gasteiger partial charge in [-0.05, 0) is 25.9 Å². The minimum atomic E-state index is -0.797. The molecule has 1 aliphatic rings. The number of aliphatic carboxylic acids is 1. The van der Waals surface area contributed by atoms with Crippen molar-refractivity contribution in [3.8, 4) is 0 Å². The highest BCUT2D eigenvalue weighted by molar-refractivity contribution is 7.99. The molecular weight excluding hydrogens is 262 g/mol. The second kappa shape index (κ2) is 5.96. The van der Waals surface area contributed by atoms with Crippen molar-refractivity contribution in [3.05, 3.63) is 11.9 Å². The molecule has 2 rings (SSSR count). The topological polar surface area (TPSA) is 58.4 Å². The fraction of sp³-hybridized carbons (Fsp3) is 0.692. The molecule has 2 heterocycles. The first-order valence-corrected chi connectivity index (χ1v) is 7.58. The van der Waals surface area contributed by atoms with Gasteiger partial charge in [0.2, 0.25) is 0 Å². The van der Waals surface area contributed by atoms with Gasteiger partial charge in [0, 0.05) is 24.5 Å². The number of aromatic nitrogens is 2. The Labute approximate surface area is 118 Å². The molecule has 6 heteroatoms. The van der Waals surface area contributed by atoms with Crippen LogP contribution >= 0.6 is 11.8 Å². The molecule has 0 saturated carbocycles. The fourth-order valence-corrected chi connectivity index (χ4v) is 3.28. The first-order chi connectivity index (χ1) is 8.99. The number of rotatable bonds is 5. The number of likely N-dealkylation sites (N-methyl/N-ethyl adjacent to an activating group) is 1. The molecule has 1 atom stereocenters. The average Bonchev–Trinajstić information content (AvgIpc) is 2.91. The summed E-state index contributed by atoms with van der Waals surface area (Å²) in [6.07, 6.45) is 3.00. The summed E-state index contributed by atoms with van der Waals surface area (Å²) in [4.78, 5) is 17.5. The summed E-state index contributed by atoms with van der Waals surface area (Å²) in [5.41, 5.74) is 1.20. The average molecular weight is 283 g/mol. The van der Waals surface area contributed by atoms with Crippen molar-refractivity contribution in [2.75, 3.05) is 25.9 Å². The lowest BCUT2D eigenvalue weighted by Crippen LogP contribution is -2.19. The molecule has 0 bridgehead atoms. The fourth-order valence-electron chi connectivity index (χ4n) is 2.51. The maximum absolute atomic E-state index is 10.7. The molecule has 1 aromatic rings. The van der Waals surface area contributed by atoms with E-state index < -0.39 is 5.97 Å². The van der Waals surface area contributed by atoms with Gasteiger partial charge in [-0.3, -0.25) is 4.79 Å². The second-order valence-electron chi connectivity index (χ2n) is 5.38. The number of carbonyl (C=O) groups is 1. The van der Waals surface area contributed by atoms with Gasteiger partial charge in [-0.2, -0.15) is 0 Å². The highest BCUT2D eigenvalue weighted by Gasteiger charge is 2.26. The molecule has 0 aliphatic carbocycles. The summed E-state index contributed by atoms with van der Waals surface area (Å²) < 4.78 is 2.25. The summed E-state index contributed by atoms with van der Waals surface area (Å²) in [5, 5.41) is 9.66. The Morgan fingerprint density at radius 1 is 1.63 bits per heavy atom. The second-order valence-corrected chi connectivity index (χ2v) is 6.32. The lowest BCUT2D eigenvalue weighted by molar-refractivity contribution is -0.133. The van der Waals surface area contributed by atoms with Crippen molar-refractivity contribution in [1.82, 2.24) is 14.5 Å². The Kier molecular flexibility index (Phi) is 4.52. The van der Waals surface area contributed by atoms with E-state index in [0.29, 0.717) is 12.0 Å². The number of thioether (sulfide) groups is 1. The van der Waals surface area contributed by atoms with Crippen LogP contribution in [0.3, 0.4) is 0 Å². The molecule has 106 valence electrons. The van der Waals surface area contributed by atoms with Crippen molar-refractivity contribution >= 4 is 17.7 Å². The van der Waals surface area contributed by atoms with E-state index in [1.165, 1.54) is 17.5 Å². The van der Waals surface area contributed by atoms with Gasteiger partial charge < -0.3 is 14.6 Å². The molecule has 0 radical (unpaired) electrons. The number of nitrogens with zero attached hydrogens (tertiary/aromatic N) is 3. The lowest BCUT2D eigenvalue weighted by Gasteiger charge is -2.20. The van der Waals surface area contributed by atoms with Crippen molar-refractivity contribution in [3.63, 3.8) is 0 Å². The monoisotopic (exact) mass is 283 g/mol. The maximum atomic E-state index is 10.7. The number of carboxylic acids is 1. The van der Waals surface area contributed by atoms with E-state index in [0.717, 1.165) is 24.7 Å². The Balaban J connectivity index is 2.25. The van der Waals surface area contributed by atoms with Gasteiger partial charge in [-0.25, -0.2) is 4.98 Å². The van der Waals surface area contributed by atoms with E-state index >= 15 is 0 Å². The van der Waals surface area contributed by atoms with Crippen molar-refractivity contribution < 1.29 is 9.90 Å². The largest absolute Gasteiger partial charge is 0.481 e. The third kappa shape index (κ3) is 3.30. The smallest absolute Gasteiger partial charge is 0.313 e. The molecule has 0 amide bonds. The normalized spacial score (nSPS) is 20.3. The van der Waals surface area contributed by atoms with E-state index in [1.54, 1.807) is 0 Å². The predicted octanol–water partition coefficient (Wildman–Crippen LogP) is 2.06. The van der Waals surface area contributed by atoms with Crippen LogP contribution in [0.2, 0.25) is 0 Å². The van der Waals surface area contributed by atoms with E-state index in [1.807, 2.05) is 6.20 Å². The third-order valence-electron chi connectivity index (χ3n) is 3.44. The van der Waals surface area contributed by atoms with Crippen LogP contribution in [0.5, 0.6) is 0 Å². The zero-order valence-electron chi connectivity index (χ0n) is 11.7. The van der Waals surface area contributed by atoms with E-state index in [2.05, 4.69) is 35.3 Å². The standard InChI is InChI=1S/C13H21N3O2S/c1-9(2)11-6-14-13(19-8-12(17)18)16(11)10-4-5-15(3)7-10/h6,9-10H,4-5,7-8H2,1-3H3,(H,17,18). The molecule has 1 saturated heterocycles. The van der Waals surface area contributed by atoms with Crippen molar-refractivity contribution in [2.24, 2.45) is 0 Å². The summed E-state index contributed by atoms with van der Waals surface area (Å²) in [7, 11) is 2.12. The van der Waals surface area contributed by atoms with E-state index in [4.69, 9.17) is 5.11 Å². The number of hydrogen-bond acceptors (Lipinski definition) is 4.